The molecule has 0 aromatic rings. The highest BCUT2D eigenvalue weighted by molar-refractivity contribution is 4.90. The first-order valence-electron chi connectivity index (χ1n) is 6.09. The highest BCUT2D eigenvalue weighted by Crippen LogP contribution is 2.32. The van der Waals surface area contributed by atoms with Crippen LogP contribution >= 0.6 is 0 Å². The van der Waals surface area contributed by atoms with Gasteiger partial charge in [-0.1, -0.05) is 6.92 Å². The molecular formula is C13H23NO. The standard InChI is InChI=1S/C13H23NO/c1-3-5-6-9-13(15)10-7-12(8-11-13)14-4-2/h1,12,14-15H,4-11H2,2H3. The monoisotopic (exact) mass is 209 g/mol. The molecule has 0 saturated heterocycles. The molecule has 0 aliphatic heterocycles. The number of terminal acetylenes is 1. The summed E-state index contributed by atoms with van der Waals surface area (Å²) in [6.45, 7) is 3.16. The lowest BCUT2D eigenvalue weighted by Gasteiger charge is -2.36. The topological polar surface area (TPSA) is 32.3 Å². The third-order valence-electron chi connectivity index (χ3n) is 3.37. The molecule has 0 spiro atoms. The maximum absolute atomic E-state index is 10.3. The zero-order valence-corrected chi connectivity index (χ0v) is 9.76. The first kappa shape index (κ1) is 12.5. The Kier molecular flexibility index (Phi) is 5.14. The number of aliphatic hydroxyl groups is 1. The van der Waals surface area contributed by atoms with Crippen LogP contribution in [0, 0.1) is 12.3 Å². The zero-order chi connectivity index (χ0) is 11.1. The molecule has 0 unspecified atom stereocenters. The minimum atomic E-state index is -0.428. The summed E-state index contributed by atoms with van der Waals surface area (Å²) in [5, 5.41) is 13.7. The summed E-state index contributed by atoms with van der Waals surface area (Å²) >= 11 is 0. The van der Waals surface area contributed by atoms with Gasteiger partial charge in [0.25, 0.3) is 0 Å². The van der Waals surface area contributed by atoms with Gasteiger partial charge in [-0.05, 0) is 45.1 Å². The second-order valence-corrected chi connectivity index (χ2v) is 4.61. The van der Waals surface area contributed by atoms with Gasteiger partial charge in [0.15, 0.2) is 0 Å². The van der Waals surface area contributed by atoms with Crippen molar-refractivity contribution in [2.24, 2.45) is 0 Å². The van der Waals surface area contributed by atoms with Crippen LogP contribution < -0.4 is 5.32 Å². The molecule has 1 aliphatic carbocycles. The van der Waals surface area contributed by atoms with Gasteiger partial charge in [0.1, 0.15) is 0 Å². The van der Waals surface area contributed by atoms with Crippen molar-refractivity contribution in [3.05, 3.63) is 0 Å². The van der Waals surface area contributed by atoms with Crippen molar-refractivity contribution < 1.29 is 5.11 Å². The fourth-order valence-corrected chi connectivity index (χ4v) is 2.42. The zero-order valence-electron chi connectivity index (χ0n) is 9.76. The highest BCUT2D eigenvalue weighted by atomic mass is 16.3. The Morgan fingerprint density at radius 1 is 1.47 bits per heavy atom. The molecule has 1 aliphatic rings. The molecule has 0 bridgehead atoms. The van der Waals surface area contributed by atoms with E-state index in [-0.39, 0.29) is 0 Å². The van der Waals surface area contributed by atoms with Gasteiger partial charge in [-0.25, -0.2) is 0 Å². The van der Waals surface area contributed by atoms with Crippen molar-refractivity contribution >= 4 is 0 Å². The van der Waals surface area contributed by atoms with Gasteiger partial charge in [0, 0.05) is 12.5 Å². The molecule has 1 fully saturated rings. The Balaban J connectivity index is 2.25. The molecule has 0 radical (unpaired) electrons. The smallest absolute Gasteiger partial charge is 0.0649 e. The largest absolute Gasteiger partial charge is 0.390 e. The number of nitrogens with one attached hydrogen (secondary N) is 1. The summed E-state index contributed by atoms with van der Waals surface area (Å²) in [5.41, 5.74) is -0.428. The van der Waals surface area contributed by atoms with Crippen LogP contribution in [0.25, 0.3) is 0 Å². The number of hydrogen-bond donors (Lipinski definition) is 2. The van der Waals surface area contributed by atoms with Gasteiger partial charge >= 0.3 is 0 Å². The van der Waals surface area contributed by atoms with E-state index in [0.29, 0.717) is 6.04 Å². The van der Waals surface area contributed by atoms with Gasteiger partial charge < -0.3 is 10.4 Å². The van der Waals surface area contributed by atoms with E-state index in [1.165, 1.54) is 0 Å². The average molecular weight is 209 g/mol. The van der Waals surface area contributed by atoms with Crippen molar-refractivity contribution in [1.29, 1.82) is 0 Å². The van der Waals surface area contributed by atoms with E-state index in [1.54, 1.807) is 0 Å². The molecule has 1 saturated carbocycles. The van der Waals surface area contributed by atoms with Crippen molar-refractivity contribution in [1.82, 2.24) is 5.32 Å². The van der Waals surface area contributed by atoms with E-state index in [1.807, 2.05) is 0 Å². The van der Waals surface area contributed by atoms with Crippen LogP contribution in [0.2, 0.25) is 0 Å². The van der Waals surface area contributed by atoms with E-state index in [9.17, 15) is 5.11 Å². The average Bonchev–Trinajstić information content (AvgIpc) is 2.23. The van der Waals surface area contributed by atoms with E-state index in [0.717, 1.165) is 51.5 Å². The highest BCUT2D eigenvalue weighted by Gasteiger charge is 2.31. The van der Waals surface area contributed by atoms with E-state index >= 15 is 0 Å². The SMILES string of the molecule is C#CCCCC1(O)CCC(NCC)CC1. The predicted molar refractivity (Wildman–Crippen MR) is 63.6 cm³/mol. The van der Waals surface area contributed by atoms with Crippen LogP contribution in [-0.4, -0.2) is 23.3 Å². The second-order valence-electron chi connectivity index (χ2n) is 4.61. The summed E-state index contributed by atoms with van der Waals surface area (Å²) in [6, 6.07) is 0.614. The first-order chi connectivity index (χ1) is 7.20. The van der Waals surface area contributed by atoms with Crippen LogP contribution in [-0.2, 0) is 0 Å². The molecule has 2 nitrogen and oxygen atoms in total. The Morgan fingerprint density at radius 2 is 2.13 bits per heavy atom. The second kappa shape index (κ2) is 6.15. The number of rotatable bonds is 5. The quantitative estimate of drug-likeness (QED) is 0.536. The predicted octanol–water partition coefficient (Wildman–Crippen LogP) is 2.07. The Hall–Kier alpha value is -0.520. The molecule has 15 heavy (non-hydrogen) atoms. The van der Waals surface area contributed by atoms with E-state index in [4.69, 9.17) is 6.42 Å². The lowest BCUT2D eigenvalue weighted by Crippen LogP contribution is -2.41. The van der Waals surface area contributed by atoms with Crippen LogP contribution in [0.15, 0.2) is 0 Å². The van der Waals surface area contributed by atoms with E-state index < -0.39 is 5.60 Å². The van der Waals surface area contributed by atoms with Crippen LogP contribution in [0.1, 0.15) is 51.9 Å². The van der Waals surface area contributed by atoms with Crippen LogP contribution in [0.3, 0.4) is 0 Å². The number of hydrogen-bond acceptors (Lipinski definition) is 2. The maximum Gasteiger partial charge on any atom is 0.0649 e. The molecule has 1 rings (SSSR count). The van der Waals surface area contributed by atoms with Gasteiger partial charge in [-0.15, -0.1) is 12.3 Å². The fraction of sp³-hybridized carbons (Fsp3) is 0.846. The first-order valence-corrected chi connectivity index (χ1v) is 6.09. The summed E-state index contributed by atoms with van der Waals surface area (Å²) in [6.07, 6.45) is 11.9. The number of unbranched alkanes of at least 4 members (excludes halogenated alkanes) is 1. The summed E-state index contributed by atoms with van der Waals surface area (Å²) in [4.78, 5) is 0. The van der Waals surface area contributed by atoms with Gasteiger partial charge in [0.05, 0.1) is 5.60 Å². The molecule has 0 aromatic carbocycles. The van der Waals surface area contributed by atoms with E-state index in [2.05, 4.69) is 18.2 Å². The normalized spacial score (nSPS) is 31.1. The Labute approximate surface area is 93.5 Å². The molecular weight excluding hydrogens is 186 g/mol. The summed E-state index contributed by atoms with van der Waals surface area (Å²) < 4.78 is 0. The third-order valence-corrected chi connectivity index (χ3v) is 3.37. The van der Waals surface area contributed by atoms with Gasteiger partial charge in [-0.2, -0.15) is 0 Å². The van der Waals surface area contributed by atoms with Crippen molar-refractivity contribution in [3.8, 4) is 12.3 Å². The third kappa shape index (κ3) is 4.24. The van der Waals surface area contributed by atoms with Gasteiger partial charge in [0.2, 0.25) is 0 Å². The van der Waals surface area contributed by atoms with Crippen LogP contribution in [0.4, 0.5) is 0 Å². The minimum absolute atomic E-state index is 0.428. The molecule has 86 valence electrons. The van der Waals surface area contributed by atoms with Crippen molar-refractivity contribution in [3.63, 3.8) is 0 Å². The molecule has 0 heterocycles. The van der Waals surface area contributed by atoms with Crippen LogP contribution in [0.5, 0.6) is 0 Å². The maximum atomic E-state index is 10.3. The lowest BCUT2D eigenvalue weighted by molar-refractivity contribution is -0.0120. The Bertz CT molecular complexity index is 211. The fourth-order valence-electron chi connectivity index (χ4n) is 2.42. The van der Waals surface area contributed by atoms with Gasteiger partial charge in [-0.3, -0.25) is 0 Å². The summed E-state index contributed by atoms with van der Waals surface area (Å²) in [7, 11) is 0. The van der Waals surface area contributed by atoms with Crippen molar-refractivity contribution in [2.75, 3.05) is 6.54 Å². The molecule has 2 heteroatoms. The minimum Gasteiger partial charge on any atom is -0.390 e. The lowest BCUT2D eigenvalue weighted by atomic mass is 9.79. The Morgan fingerprint density at radius 3 is 2.67 bits per heavy atom. The molecule has 0 aromatic heterocycles. The molecule has 0 atom stereocenters. The molecule has 0 amide bonds. The molecule has 2 N–H and O–H groups in total. The van der Waals surface area contributed by atoms with Crippen molar-refractivity contribution in [2.45, 2.75) is 63.5 Å². The summed E-state index contributed by atoms with van der Waals surface area (Å²) in [5.74, 6) is 2.63.